The quantitative estimate of drug-likeness (QED) is 0.521. The Bertz CT molecular complexity index is 1340. The van der Waals surface area contributed by atoms with Crippen molar-refractivity contribution in [3.05, 3.63) is 66.4 Å². The van der Waals surface area contributed by atoms with Gasteiger partial charge >= 0.3 is 0 Å². The van der Waals surface area contributed by atoms with Gasteiger partial charge in [-0.3, -0.25) is 19.6 Å². The molecule has 1 N–H and O–H groups in total. The van der Waals surface area contributed by atoms with Crippen LogP contribution in [0.4, 0.5) is 0 Å². The second-order valence-electron chi connectivity index (χ2n) is 9.03. The number of piperidine rings is 1. The molecule has 2 fully saturated rings. The normalized spacial score (nSPS) is 19.2. The number of nitrogens with zero attached hydrogens (tertiary/aromatic N) is 4. The lowest BCUT2D eigenvalue weighted by molar-refractivity contribution is 0.0663. The largest absolute Gasteiger partial charge is 0.449 e. The fraction of sp³-hybridized carbons (Fsp3) is 0.320. The summed E-state index contributed by atoms with van der Waals surface area (Å²) in [6.45, 7) is 2.06. The molecule has 1 saturated heterocycles. The number of fused-ring (bicyclic) bond motifs is 2. The third-order valence-corrected chi connectivity index (χ3v) is 7.14. The van der Waals surface area contributed by atoms with Crippen LogP contribution in [-0.4, -0.2) is 51.3 Å². The van der Waals surface area contributed by atoms with E-state index in [-0.39, 0.29) is 17.2 Å². The molecule has 0 radical (unpaired) electrons. The van der Waals surface area contributed by atoms with E-state index >= 15 is 0 Å². The van der Waals surface area contributed by atoms with Gasteiger partial charge in [-0.25, -0.2) is 4.98 Å². The first-order valence-corrected chi connectivity index (χ1v) is 11.2. The Morgan fingerprint density at radius 1 is 1.12 bits per heavy atom. The molecule has 1 spiro atoms. The zero-order valence-corrected chi connectivity index (χ0v) is 18.0. The minimum Gasteiger partial charge on any atom is -0.449 e. The lowest BCUT2D eigenvalue weighted by atomic mass is 9.90. The van der Waals surface area contributed by atoms with Gasteiger partial charge in [0.05, 0.1) is 17.2 Å². The number of aromatic nitrogens is 3. The van der Waals surface area contributed by atoms with E-state index < -0.39 is 0 Å². The maximum atomic E-state index is 13.0. The molecule has 1 aliphatic heterocycles. The Kier molecular flexibility index (Phi) is 4.60. The molecule has 2 amide bonds. The third-order valence-electron chi connectivity index (χ3n) is 7.14. The summed E-state index contributed by atoms with van der Waals surface area (Å²) >= 11 is 0. The van der Waals surface area contributed by atoms with Crippen molar-refractivity contribution in [3.63, 3.8) is 0 Å². The van der Waals surface area contributed by atoms with Crippen molar-refractivity contribution in [1.82, 2.24) is 25.2 Å². The summed E-state index contributed by atoms with van der Waals surface area (Å²) in [5.41, 5.74) is 2.82. The second-order valence-corrected chi connectivity index (χ2v) is 9.03. The lowest BCUT2D eigenvalue weighted by Gasteiger charge is -2.33. The minimum absolute atomic E-state index is 0.0273. The highest BCUT2D eigenvalue weighted by atomic mass is 16.3. The molecule has 4 aromatic rings. The molecule has 8 nitrogen and oxygen atoms in total. The summed E-state index contributed by atoms with van der Waals surface area (Å²) < 4.78 is 5.60. The molecular formula is C25H23N5O3. The summed E-state index contributed by atoms with van der Waals surface area (Å²) in [5, 5.41) is 3.89. The van der Waals surface area contributed by atoms with Crippen molar-refractivity contribution in [2.75, 3.05) is 19.6 Å². The summed E-state index contributed by atoms with van der Waals surface area (Å²) in [5.74, 6) is 0.527. The number of furan rings is 1. The smallest absolute Gasteiger partial charge is 0.287 e. The van der Waals surface area contributed by atoms with Crippen molar-refractivity contribution < 1.29 is 14.0 Å². The minimum atomic E-state index is -0.197. The van der Waals surface area contributed by atoms with Gasteiger partial charge in [0.25, 0.3) is 11.8 Å². The van der Waals surface area contributed by atoms with E-state index in [1.165, 1.54) is 0 Å². The molecule has 4 aromatic heterocycles. The Morgan fingerprint density at radius 3 is 2.85 bits per heavy atom. The average Bonchev–Trinajstić information content (AvgIpc) is 3.33. The number of carbonyl (C=O) groups is 2. The summed E-state index contributed by atoms with van der Waals surface area (Å²) in [6, 6.07) is 10.9. The summed E-state index contributed by atoms with van der Waals surface area (Å²) in [6.07, 6.45) is 7.99. The molecule has 33 heavy (non-hydrogen) atoms. The summed E-state index contributed by atoms with van der Waals surface area (Å²) in [4.78, 5) is 40.2. The number of rotatable bonds is 4. The maximum absolute atomic E-state index is 13.0. The first kappa shape index (κ1) is 19.8. The lowest BCUT2D eigenvalue weighted by Crippen LogP contribution is -2.40. The van der Waals surface area contributed by atoms with E-state index in [4.69, 9.17) is 4.42 Å². The highest BCUT2D eigenvalue weighted by Crippen LogP contribution is 2.59. The van der Waals surface area contributed by atoms with Crippen LogP contribution in [0.2, 0.25) is 0 Å². The zero-order chi connectivity index (χ0) is 22.4. The van der Waals surface area contributed by atoms with Crippen molar-refractivity contribution >= 4 is 33.8 Å². The highest BCUT2D eigenvalue weighted by molar-refractivity contribution is 5.96. The molecule has 6 rings (SSSR count). The summed E-state index contributed by atoms with van der Waals surface area (Å²) in [7, 11) is 0. The molecule has 8 heteroatoms. The van der Waals surface area contributed by atoms with Gasteiger partial charge in [-0.1, -0.05) is 0 Å². The predicted octanol–water partition coefficient (Wildman–Crippen LogP) is 3.44. The molecule has 5 heterocycles. The van der Waals surface area contributed by atoms with Crippen LogP contribution in [0.15, 0.2) is 59.4 Å². The monoisotopic (exact) mass is 441 g/mol. The Balaban J connectivity index is 1.04. The molecule has 0 aromatic carbocycles. The first-order chi connectivity index (χ1) is 16.1. The molecule has 2 aliphatic rings. The van der Waals surface area contributed by atoms with Crippen molar-refractivity contribution in [2.24, 2.45) is 11.3 Å². The molecule has 1 aliphatic carbocycles. The molecule has 1 unspecified atom stereocenters. The van der Waals surface area contributed by atoms with E-state index in [0.717, 1.165) is 35.7 Å². The van der Waals surface area contributed by atoms with Gasteiger partial charge in [0.1, 0.15) is 5.69 Å². The van der Waals surface area contributed by atoms with Crippen LogP contribution in [-0.2, 0) is 0 Å². The number of nitrogens with one attached hydrogen (secondary N) is 1. The topological polar surface area (TPSA) is 101 Å². The van der Waals surface area contributed by atoms with Crippen LogP contribution in [0.5, 0.6) is 0 Å². The SMILES string of the molecule is O=C(NCC1CC12CCN(C(=O)c1ccc3ncccc3n1)CC2)c1cc2ccncc2o1. The number of likely N-dealkylation sites (tertiary alicyclic amines) is 1. The third kappa shape index (κ3) is 3.61. The van der Waals surface area contributed by atoms with Gasteiger partial charge in [0.15, 0.2) is 11.3 Å². The van der Waals surface area contributed by atoms with Crippen LogP contribution in [0.3, 0.4) is 0 Å². The van der Waals surface area contributed by atoms with Gasteiger partial charge in [-0.2, -0.15) is 0 Å². The maximum Gasteiger partial charge on any atom is 0.287 e. The van der Waals surface area contributed by atoms with Crippen LogP contribution in [0, 0.1) is 11.3 Å². The Hall–Kier alpha value is -3.81. The van der Waals surface area contributed by atoms with Crippen LogP contribution >= 0.6 is 0 Å². The standard InChI is InChI=1S/C25H23N5O3/c31-23(21-12-16-5-9-26-15-22(16)33-21)28-14-17-13-25(17)6-10-30(11-7-25)24(32)20-4-3-18-19(29-20)2-1-8-27-18/h1-5,8-9,12,15,17H,6-7,10-11,13-14H2,(H,28,31). The number of pyridine rings is 3. The molecule has 166 valence electrons. The Morgan fingerprint density at radius 2 is 2.00 bits per heavy atom. The van der Waals surface area contributed by atoms with Gasteiger partial charge in [-0.15, -0.1) is 0 Å². The molecule has 0 bridgehead atoms. The predicted molar refractivity (Wildman–Crippen MR) is 122 cm³/mol. The number of hydrogen-bond acceptors (Lipinski definition) is 6. The van der Waals surface area contributed by atoms with Gasteiger partial charge in [-0.05, 0) is 67.0 Å². The number of amides is 2. The van der Waals surface area contributed by atoms with Crippen LogP contribution in [0.1, 0.15) is 40.3 Å². The van der Waals surface area contributed by atoms with Crippen molar-refractivity contribution in [3.8, 4) is 0 Å². The fourth-order valence-electron chi connectivity index (χ4n) is 5.03. The average molecular weight is 441 g/mol. The van der Waals surface area contributed by atoms with Gasteiger partial charge in [0, 0.05) is 37.4 Å². The number of hydrogen-bond donors (Lipinski definition) is 1. The molecule has 1 saturated carbocycles. The highest BCUT2D eigenvalue weighted by Gasteiger charge is 2.54. The number of carbonyl (C=O) groups excluding carboxylic acids is 2. The van der Waals surface area contributed by atoms with E-state index in [1.54, 1.807) is 30.7 Å². The fourth-order valence-corrected chi connectivity index (χ4v) is 5.03. The van der Waals surface area contributed by atoms with E-state index in [9.17, 15) is 9.59 Å². The Labute approximate surface area is 190 Å². The van der Waals surface area contributed by atoms with Crippen molar-refractivity contribution in [1.29, 1.82) is 0 Å². The first-order valence-electron chi connectivity index (χ1n) is 11.2. The van der Waals surface area contributed by atoms with Crippen LogP contribution < -0.4 is 5.32 Å². The van der Waals surface area contributed by atoms with E-state index in [0.29, 0.717) is 42.6 Å². The van der Waals surface area contributed by atoms with Gasteiger partial charge in [0.2, 0.25) is 0 Å². The van der Waals surface area contributed by atoms with Crippen LogP contribution in [0.25, 0.3) is 22.0 Å². The van der Waals surface area contributed by atoms with Crippen molar-refractivity contribution in [2.45, 2.75) is 19.3 Å². The molecule has 1 atom stereocenters. The second kappa shape index (κ2) is 7.65. The molecular weight excluding hydrogens is 418 g/mol. The van der Waals surface area contributed by atoms with E-state index in [2.05, 4.69) is 20.3 Å². The van der Waals surface area contributed by atoms with Gasteiger partial charge < -0.3 is 14.6 Å². The van der Waals surface area contributed by atoms with E-state index in [1.807, 2.05) is 29.2 Å². The zero-order valence-electron chi connectivity index (χ0n) is 18.0.